The molecular formula is C32H36N2O5. The van der Waals surface area contributed by atoms with Crippen molar-refractivity contribution in [2.24, 2.45) is 5.92 Å². The maximum absolute atomic E-state index is 13.4. The standard InChI is InChI=1S/C32H36N2O5/c1-22(2)21-38-25-16-14-23(15-17-25)30(35)28-29(34(32(37)31(28)36)19-9-18-33(3)4)24-10-8-13-27(20-24)39-26-11-6-5-7-12-26/h5-8,10-17,20,22,29,35H,9,18-19,21H2,1-4H3/b30-28+. The maximum atomic E-state index is 13.4. The summed E-state index contributed by atoms with van der Waals surface area (Å²) in [6.07, 6.45) is 0.679. The second kappa shape index (κ2) is 12.6. The summed E-state index contributed by atoms with van der Waals surface area (Å²) in [6.45, 7) is 5.83. The van der Waals surface area contributed by atoms with Crippen LogP contribution in [0.2, 0.25) is 0 Å². The van der Waals surface area contributed by atoms with E-state index in [1.807, 2.05) is 73.6 Å². The number of aliphatic hydroxyl groups excluding tert-OH is 1. The van der Waals surface area contributed by atoms with E-state index in [0.717, 1.165) is 6.54 Å². The van der Waals surface area contributed by atoms with Crippen LogP contribution in [0, 0.1) is 5.92 Å². The predicted molar refractivity (Wildman–Crippen MR) is 152 cm³/mol. The first-order valence-electron chi connectivity index (χ1n) is 13.2. The third kappa shape index (κ3) is 6.86. The Balaban J connectivity index is 1.72. The van der Waals surface area contributed by atoms with Crippen molar-refractivity contribution in [1.82, 2.24) is 9.80 Å². The lowest BCUT2D eigenvalue weighted by molar-refractivity contribution is -0.139. The third-order valence-corrected chi connectivity index (χ3v) is 6.41. The molecule has 7 heteroatoms. The fourth-order valence-electron chi connectivity index (χ4n) is 4.51. The van der Waals surface area contributed by atoms with Crippen molar-refractivity contribution in [3.05, 3.63) is 95.6 Å². The average molecular weight is 529 g/mol. The van der Waals surface area contributed by atoms with Gasteiger partial charge >= 0.3 is 0 Å². The van der Waals surface area contributed by atoms with Crippen molar-refractivity contribution < 1.29 is 24.2 Å². The Kier molecular flexibility index (Phi) is 9.04. The first kappa shape index (κ1) is 27.9. The van der Waals surface area contributed by atoms with Gasteiger partial charge in [0, 0.05) is 12.1 Å². The van der Waals surface area contributed by atoms with Gasteiger partial charge in [-0.05, 0) is 87.1 Å². The van der Waals surface area contributed by atoms with Crippen LogP contribution < -0.4 is 9.47 Å². The number of ether oxygens (including phenoxy) is 2. The van der Waals surface area contributed by atoms with Crippen LogP contribution in [0.25, 0.3) is 5.76 Å². The highest BCUT2D eigenvalue weighted by Crippen LogP contribution is 2.41. The van der Waals surface area contributed by atoms with Crippen molar-refractivity contribution >= 4 is 17.4 Å². The minimum atomic E-state index is -0.747. The van der Waals surface area contributed by atoms with Crippen LogP contribution in [0.3, 0.4) is 0 Å². The molecule has 1 aliphatic heterocycles. The molecule has 0 aliphatic carbocycles. The Bertz CT molecular complexity index is 1320. The van der Waals surface area contributed by atoms with Gasteiger partial charge in [-0.3, -0.25) is 9.59 Å². The van der Waals surface area contributed by atoms with E-state index in [-0.39, 0.29) is 11.3 Å². The number of hydrogen-bond acceptors (Lipinski definition) is 6. The summed E-state index contributed by atoms with van der Waals surface area (Å²) in [7, 11) is 3.93. The van der Waals surface area contributed by atoms with Gasteiger partial charge in [0.15, 0.2) is 0 Å². The van der Waals surface area contributed by atoms with E-state index in [0.29, 0.717) is 53.9 Å². The monoisotopic (exact) mass is 528 g/mol. The molecule has 0 spiro atoms. The molecule has 1 unspecified atom stereocenters. The van der Waals surface area contributed by atoms with Crippen LogP contribution in [-0.2, 0) is 9.59 Å². The Morgan fingerprint density at radius 3 is 2.28 bits per heavy atom. The second-order valence-electron chi connectivity index (χ2n) is 10.4. The number of Topliss-reactive ketones (excluding diaryl/α,β-unsaturated/α-hetero) is 1. The van der Waals surface area contributed by atoms with Crippen LogP contribution in [0.5, 0.6) is 17.2 Å². The molecule has 7 nitrogen and oxygen atoms in total. The molecule has 1 N–H and O–H groups in total. The van der Waals surface area contributed by atoms with Gasteiger partial charge in [0.05, 0.1) is 18.2 Å². The smallest absolute Gasteiger partial charge is 0.295 e. The molecule has 1 atom stereocenters. The normalized spacial score (nSPS) is 16.8. The lowest BCUT2D eigenvalue weighted by atomic mass is 9.95. The average Bonchev–Trinajstić information content (AvgIpc) is 3.17. The minimum Gasteiger partial charge on any atom is -0.507 e. The quantitative estimate of drug-likeness (QED) is 0.190. The molecule has 1 aliphatic rings. The largest absolute Gasteiger partial charge is 0.507 e. The fourth-order valence-corrected chi connectivity index (χ4v) is 4.51. The molecule has 1 heterocycles. The van der Waals surface area contributed by atoms with Crippen LogP contribution in [0.15, 0.2) is 84.4 Å². The number of carbonyl (C=O) groups is 2. The number of aliphatic hydroxyl groups is 1. The van der Waals surface area contributed by atoms with Crippen molar-refractivity contribution in [3.8, 4) is 17.2 Å². The van der Waals surface area contributed by atoms with Crippen LogP contribution >= 0.6 is 0 Å². The maximum Gasteiger partial charge on any atom is 0.295 e. The SMILES string of the molecule is CC(C)COc1ccc(/C(O)=C2\C(=O)C(=O)N(CCCN(C)C)C2c2cccc(Oc3ccccc3)c2)cc1. The van der Waals surface area contributed by atoms with Crippen molar-refractivity contribution in [3.63, 3.8) is 0 Å². The number of ketones is 1. The number of nitrogens with zero attached hydrogens (tertiary/aromatic N) is 2. The van der Waals surface area contributed by atoms with Crippen molar-refractivity contribution in [2.45, 2.75) is 26.3 Å². The molecule has 3 aromatic rings. The van der Waals surface area contributed by atoms with Gasteiger partial charge in [-0.1, -0.05) is 44.2 Å². The summed E-state index contributed by atoms with van der Waals surface area (Å²) in [5.41, 5.74) is 1.20. The number of amides is 1. The molecule has 3 aromatic carbocycles. The zero-order valence-corrected chi connectivity index (χ0v) is 23.0. The number of rotatable bonds is 11. The zero-order valence-electron chi connectivity index (χ0n) is 23.0. The summed E-state index contributed by atoms with van der Waals surface area (Å²) < 4.78 is 11.8. The molecular weight excluding hydrogens is 492 g/mol. The molecule has 0 aromatic heterocycles. The molecule has 1 fully saturated rings. The van der Waals surface area contributed by atoms with E-state index >= 15 is 0 Å². The van der Waals surface area contributed by atoms with E-state index in [2.05, 4.69) is 13.8 Å². The second-order valence-corrected chi connectivity index (χ2v) is 10.4. The fraction of sp³-hybridized carbons (Fsp3) is 0.312. The van der Waals surface area contributed by atoms with Gasteiger partial charge in [-0.15, -0.1) is 0 Å². The number of likely N-dealkylation sites (tertiary alicyclic amines) is 1. The first-order chi connectivity index (χ1) is 18.7. The molecule has 0 radical (unpaired) electrons. The summed E-state index contributed by atoms with van der Waals surface area (Å²) in [6, 6.07) is 22.9. The highest BCUT2D eigenvalue weighted by atomic mass is 16.5. The van der Waals surface area contributed by atoms with Gasteiger partial charge < -0.3 is 24.4 Å². The summed E-state index contributed by atoms with van der Waals surface area (Å²) in [4.78, 5) is 30.2. The molecule has 1 saturated heterocycles. The van der Waals surface area contributed by atoms with Crippen molar-refractivity contribution in [1.29, 1.82) is 0 Å². The van der Waals surface area contributed by atoms with Gasteiger partial charge in [0.25, 0.3) is 11.7 Å². The Morgan fingerprint density at radius 2 is 1.62 bits per heavy atom. The van der Waals surface area contributed by atoms with E-state index in [1.165, 1.54) is 0 Å². The van der Waals surface area contributed by atoms with Gasteiger partial charge in [-0.25, -0.2) is 0 Å². The molecule has 39 heavy (non-hydrogen) atoms. The predicted octanol–water partition coefficient (Wildman–Crippen LogP) is 5.89. The minimum absolute atomic E-state index is 0.0672. The number of benzene rings is 3. The molecule has 0 bridgehead atoms. The van der Waals surface area contributed by atoms with E-state index in [1.54, 1.807) is 29.2 Å². The number of para-hydroxylation sites is 1. The topological polar surface area (TPSA) is 79.3 Å². The van der Waals surface area contributed by atoms with Crippen LogP contribution in [-0.4, -0.2) is 60.4 Å². The molecule has 1 amide bonds. The molecule has 204 valence electrons. The van der Waals surface area contributed by atoms with Crippen LogP contribution in [0.1, 0.15) is 37.4 Å². The highest BCUT2D eigenvalue weighted by Gasteiger charge is 2.45. The first-order valence-corrected chi connectivity index (χ1v) is 13.2. The number of carbonyl (C=O) groups excluding carboxylic acids is 2. The zero-order chi connectivity index (χ0) is 27.9. The number of hydrogen-bond donors (Lipinski definition) is 1. The van der Waals surface area contributed by atoms with Gasteiger partial charge in [0.1, 0.15) is 23.0 Å². The van der Waals surface area contributed by atoms with E-state index in [9.17, 15) is 14.7 Å². The Labute approximate surface area is 230 Å². The van der Waals surface area contributed by atoms with Crippen molar-refractivity contribution in [2.75, 3.05) is 33.8 Å². The van der Waals surface area contributed by atoms with Gasteiger partial charge in [0.2, 0.25) is 0 Å². The summed E-state index contributed by atoms with van der Waals surface area (Å²) in [5.74, 6) is 0.773. The molecule has 0 saturated carbocycles. The lowest BCUT2D eigenvalue weighted by Crippen LogP contribution is -2.32. The van der Waals surface area contributed by atoms with E-state index < -0.39 is 17.7 Å². The summed E-state index contributed by atoms with van der Waals surface area (Å²) >= 11 is 0. The van der Waals surface area contributed by atoms with Gasteiger partial charge in [-0.2, -0.15) is 0 Å². The Hall–Kier alpha value is -4.10. The highest BCUT2D eigenvalue weighted by molar-refractivity contribution is 6.46. The molecule has 4 rings (SSSR count). The Morgan fingerprint density at radius 1 is 0.923 bits per heavy atom. The third-order valence-electron chi connectivity index (χ3n) is 6.41. The van der Waals surface area contributed by atoms with Crippen LogP contribution in [0.4, 0.5) is 0 Å². The lowest BCUT2D eigenvalue weighted by Gasteiger charge is -2.26. The van der Waals surface area contributed by atoms with E-state index in [4.69, 9.17) is 9.47 Å². The summed E-state index contributed by atoms with van der Waals surface area (Å²) in [5, 5.41) is 11.4.